The van der Waals surface area contributed by atoms with Gasteiger partial charge in [0.05, 0.1) is 24.0 Å². The van der Waals surface area contributed by atoms with E-state index < -0.39 is 35.3 Å². The smallest absolute Gasteiger partial charge is 0.313 e. The summed E-state index contributed by atoms with van der Waals surface area (Å²) in [5.74, 6) is -2.65. The van der Waals surface area contributed by atoms with E-state index in [-0.39, 0.29) is 6.61 Å². The van der Waals surface area contributed by atoms with Crippen molar-refractivity contribution in [3.63, 3.8) is 0 Å². The number of aliphatic hydroxyl groups excluding tert-OH is 1. The summed E-state index contributed by atoms with van der Waals surface area (Å²) in [7, 11) is 0. The van der Waals surface area contributed by atoms with Crippen molar-refractivity contribution in [2.45, 2.75) is 25.9 Å². The molecular weight excluding hydrogens is 200 g/mol. The molecule has 2 N–H and O–H groups in total. The number of fused-ring (bicyclic) bond motifs is 1. The van der Waals surface area contributed by atoms with Crippen molar-refractivity contribution in [2.24, 2.45) is 17.3 Å². The number of hydrogen-bond donors (Lipinski definition) is 2. The summed E-state index contributed by atoms with van der Waals surface area (Å²) in [6, 6.07) is 0. The van der Waals surface area contributed by atoms with Gasteiger partial charge in [0.15, 0.2) is 0 Å². The third kappa shape index (κ3) is 1.19. The average Bonchev–Trinajstić information content (AvgIpc) is 2.75. The normalized spacial score (nSPS) is 42.1. The van der Waals surface area contributed by atoms with Gasteiger partial charge in [-0.2, -0.15) is 0 Å². The Balaban J connectivity index is 2.20. The molecule has 84 valence electrons. The number of carboxylic acids is 1. The lowest BCUT2D eigenvalue weighted by Crippen LogP contribution is -2.23. The van der Waals surface area contributed by atoms with Crippen LogP contribution in [0.15, 0.2) is 0 Å². The summed E-state index contributed by atoms with van der Waals surface area (Å²) in [6.45, 7) is 1.93. The summed E-state index contributed by atoms with van der Waals surface area (Å²) in [5, 5.41) is 18.5. The van der Waals surface area contributed by atoms with Crippen LogP contribution in [0.2, 0.25) is 0 Å². The fraction of sp³-hybridized carbons (Fsp3) is 0.800. The summed E-state index contributed by atoms with van der Waals surface area (Å²) in [6.07, 6.45) is 0.248. The molecule has 2 aliphatic rings. The maximum atomic E-state index is 11.7. The van der Waals surface area contributed by atoms with Gasteiger partial charge in [0.1, 0.15) is 0 Å². The molecule has 4 unspecified atom stereocenters. The van der Waals surface area contributed by atoms with E-state index in [4.69, 9.17) is 9.84 Å². The van der Waals surface area contributed by atoms with Crippen LogP contribution in [0.3, 0.4) is 0 Å². The Morgan fingerprint density at radius 1 is 1.53 bits per heavy atom. The highest BCUT2D eigenvalue weighted by atomic mass is 16.5. The zero-order valence-electron chi connectivity index (χ0n) is 8.47. The summed E-state index contributed by atoms with van der Waals surface area (Å²) >= 11 is 0. The van der Waals surface area contributed by atoms with Crippen molar-refractivity contribution in [3.8, 4) is 0 Å². The minimum absolute atomic E-state index is 0.246. The van der Waals surface area contributed by atoms with E-state index in [0.29, 0.717) is 12.8 Å². The highest BCUT2D eigenvalue weighted by Gasteiger charge is 2.78. The largest absolute Gasteiger partial charge is 0.481 e. The molecule has 4 atom stereocenters. The molecule has 5 nitrogen and oxygen atoms in total. The van der Waals surface area contributed by atoms with Crippen molar-refractivity contribution in [1.29, 1.82) is 0 Å². The van der Waals surface area contributed by atoms with E-state index in [9.17, 15) is 14.7 Å². The van der Waals surface area contributed by atoms with Crippen molar-refractivity contribution < 1.29 is 24.5 Å². The first-order valence-corrected chi connectivity index (χ1v) is 5.13. The van der Waals surface area contributed by atoms with Gasteiger partial charge in [-0.3, -0.25) is 9.59 Å². The molecule has 2 aliphatic carbocycles. The van der Waals surface area contributed by atoms with Gasteiger partial charge in [-0.05, 0) is 19.8 Å². The standard InChI is InChI=1S/C10H14O5/c1-2-15-9(14)10-4-3-5(11)6(10)7(10)8(12)13/h5-7,11H,2-4H2,1H3,(H,12,13). The summed E-state index contributed by atoms with van der Waals surface area (Å²) in [5.41, 5.74) is -0.929. The second kappa shape index (κ2) is 3.20. The quantitative estimate of drug-likeness (QED) is 0.647. The van der Waals surface area contributed by atoms with Gasteiger partial charge in [0.2, 0.25) is 0 Å². The van der Waals surface area contributed by atoms with E-state index in [1.165, 1.54) is 0 Å². The average molecular weight is 214 g/mol. The molecule has 2 saturated carbocycles. The first-order valence-electron chi connectivity index (χ1n) is 5.13. The molecule has 0 saturated heterocycles. The lowest BCUT2D eigenvalue weighted by atomic mass is 10.00. The van der Waals surface area contributed by atoms with E-state index >= 15 is 0 Å². The summed E-state index contributed by atoms with van der Waals surface area (Å²) in [4.78, 5) is 22.6. The number of rotatable bonds is 3. The van der Waals surface area contributed by atoms with E-state index in [0.717, 1.165) is 0 Å². The minimum atomic E-state index is -1.01. The zero-order chi connectivity index (χ0) is 11.2. The van der Waals surface area contributed by atoms with Crippen LogP contribution in [-0.4, -0.2) is 34.9 Å². The van der Waals surface area contributed by atoms with Crippen LogP contribution < -0.4 is 0 Å². The van der Waals surface area contributed by atoms with E-state index in [2.05, 4.69) is 0 Å². The maximum absolute atomic E-state index is 11.7. The van der Waals surface area contributed by atoms with Gasteiger partial charge < -0.3 is 14.9 Å². The SMILES string of the molecule is CCOC(=O)C12CCC(O)C1C2C(=O)O. The maximum Gasteiger partial charge on any atom is 0.313 e. The van der Waals surface area contributed by atoms with Gasteiger partial charge in [0, 0.05) is 5.92 Å². The van der Waals surface area contributed by atoms with Crippen LogP contribution in [0.25, 0.3) is 0 Å². The topological polar surface area (TPSA) is 83.8 Å². The van der Waals surface area contributed by atoms with Crippen LogP contribution >= 0.6 is 0 Å². The van der Waals surface area contributed by atoms with Crippen molar-refractivity contribution in [2.75, 3.05) is 6.61 Å². The van der Waals surface area contributed by atoms with Crippen LogP contribution in [-0.2, 0) is 14.3 Å². The molecule has 0 bridgehead atoms. The lowest BCUT2D eigenvalue weighted by Gasteiger charge is -2.11. The van der Waals surface area contributed by atoms with Gasteiger partial charge in [-0.15, -0.1) is 0 Å². The molecule has 0 radical (unpaired) electrons. The first-order chi connectivity index (χ1) is 7.05. The second-order valence-electron chi connectivity index (χ2n) is 4.21. The number of carbonyl (C=O) groups is 2. The minimum Gasteiger partial charge on any atom is -0.481 e. The molecule has 5 heteroatoms. The Morgan fingerprint density at radius 3 is 2.67 bits per heavy atom. The number of carbonyl (C=O) groups excluding carboxylic acids is 1. The zero-order valence-corrected chi connectivity index (χ0v) is 8.47. The number of esters is 1. The Morgan fingerprint density at radius 2 is 2.20 bits per heavy atom. The predicted octanol–water partition coefficient (Wildman–Crippen LogP) is 0.0212. The van der Waals surface area contributed by atoms with Crippen LogP contribution in [0.1, 0.15) is 19.8 Å². The van der Waals surface area contributed by atoms with Gasteiger partial charge >= 0.3 is 11.9 Å². The number of hydrogen-bond acceptors (Lipinski definition) is 4. The van der Waals surface area contributed by atoms with E-state index in [1.807, 2.05) is 0 Å². The van der Waals surface area contributed by atoms with Crippen LogP contribution in [0.5, 0.6) is 0 Å². The van der Waals surface area contributed by atoms with Gasteiger partial charge in [-0.25, -0.2) is 0 Å². The highest BCUT2D eigenvalue weighted by molar-refractivity contribution is 5.92. The van der Waals surface area contributed by atoms with Crippen LogP contribution in [0.4, 0.5) is 0 Å². The molecule has 15 heavy (non-hydrogen) atoms. The molecule has 2 fully saturated rings. The third-order valence-electron chi connectivity index (χ3n) is 3.59. The Labute approximate surface area is 87.0 Å². The Bertz CT molecular complexity index is 313. The molecule has 0 heterocycles. The fourth-order valence-electron chi connectivity index (χ4n) is 2.93. The molecule has 0 amide bonds. The molecule has 0 spiro atoms. The van der Waals surface area contributed by atoms with Crippen molar-refractivity contribution in [3.05, 3.63) is 0 Å². The Kier molecular flexibility index (Phi) is 2.22. The summed E-state index contributed by atoms with van der Waals surface area (Å²) < 4.78 is 4.89. The van der Waals surface area contributed by atoms with Gasteiger partial charge in [0.25, 0.3) is 0 Å². The van der Waals surface area contributed by atoms with E-state index in [1.54, 1.807) is 6.92 Å². The molecule has 0 aromatic carbocycles. The second-order valence-corrected chi connectivity index (χ2v) is 4.21. The predicted molar refractivity (Wildman–Crippen MR) is 48.9 cm³/mol. The van der Waals surface area contributed by atoms with Crippen LogP contribution in [0, 0.1) is 17.3 Å². The monoisotopic (exact) mass is 214 g/mol. The molecule has 0 aliphatic heterocycles. The third-order valence-corrected chi connectivity index (χ3v) is 3.59. The van der Waals surface area contributed by atoms with Crippen molar-refractivity contribution >= 4 is 11.9 Å². The van der Waals surface area contributed by atoms with Crippen molar-refractivity contribution in [1.82, 2.24) is 0 Å². The first kappa shape index (κ1) is 10.4. The molecule has 0 aromatic heterocycles. The number of aliphatic hydroxyl groups is 1. The lowest BCUT2D eigenvalue weighted by molar-refractivity contribution is -0.154. The molecule has 0 aromatic rings. The highest BCUT2D eigenvalue weighted by Crippen LogP contribution is 2.68. The van der Waals surface area contributed by atoms with Gasteiger partial charge in [-0.1, -0.05) is 0 Å². The molecule has 2 rings (SSSR count). The fourth-order valence-corrected chi connectivity index (χ4v) is 2.93. The number of ether oxygens (including phenoxy) is 1. The Hall–Kier alpha value is -1.10. The molecular formula is C10H14O5. The number of carboxylic acid groups (broad SMARTS) is 1. The number of aliphatic carboxylic acids is 1.